The summed E-state index contributed by atoms with van der Waals surface area (Å²) in [7, 11) is 0. The zero-order valence-electron chi connectivity index (χ0n) is 9.85. The molecule has 0 radical (unpaired) electrons. The van der Waals surface area contributed by atoms with Gasteiger partial charge in [0.25, 0.3) is 0 Å². The predicted molar refractivity (Wildman–Crippen MR) is 58.2 cm³/mol. The number of hydrogen-bond donors (Lipinski definition) is 0. The van der Waals surface area contributed by atoms with Crippen LogP contribution in [0.4, 0.5) is 0 Å². The summed E-state index contributed by atoms with van der Waals surface area (Å²) in [5.41, 5.74) is 0.122. The van der Waals surface area contributed by atoms with Crippen LogP contribution in [0.2, 0.25) is 0 Å². The van der Waals surface area contributed by atoms with Gasteiger partial charge in [-0.15, -0.1) is 0 Å². The molecule has 0 bridgehead atoms. The fraction of sp³-hybridized carbons (Fsp3) is 0.833. The molecule has 82 valence electrons. The maximum Gasteiger partial charge on any atom is 0.132 e. The van der Waals surface area contributed by atoms with Gasteiger partial charge in [0.15, 0.2) is 0 Å². The van der Waals surface area contributed by atoms with Crippen LogP contribution >= 0.6 is 0 Å². The molecule has 0 aliphatic rings. The Hall–Kier alpha value is -0.660. The molecule has 0 aromatic heterocycles. The molecule has 0 rings (SSSR count). The number of rotatable bonds is 7. The van der Waals surface area contributed by atoms with E-state index in [-0.39, 0.29) is 11.2 Å². The number of carbonyl (C=O) groups excluding carboxylic acids is 2. The third-order valence-corrected chi connectivity index (χ3v) is 2.63. The standard InChI is InChI=1S/C12H22O2/c1-5-11(14)7-9-12(3,4)8-6-10(2)13/h5-9H2,1-4H3. The van der Waals surface area contributed by atoms with Gasteiger partial charge in [-0.1, -0.05) is 20.8 Å². The highest BCUT2D eigenvalue weighted by atomic mass is 16.1. The van der Waals surface area contributed by atoms with Crippen LogP contribution in [0, 0.1) is 5.41 Å². The Bertz CT molecular complexity index is 204. The van der Waals surface area contributed by atoms with E-state index in [1.54, 1.807) is 6.92 Å². The monoisotopic (exact) mass is 198 g/mol. The summed E-state index contributed by atoms with van der Waals surface area (Å²) in [6, 6.07) is 0. The van der Waals surface area contributed by atoms with Gasteiger partial charge < -0.3 is 4.79 Å². The van der Waals surface area contributed by atoms with Crippen molar-refractivity contribution in [3.8, 4) is 0 Å². The topological polar surface area (TPSA) is 34.1 Å². The Kier molecular flexibility index (Phi) is 5.66. The van der Waals surface area contributed by atoms with Crippen LogP contribution in [0.25, 0.3) is 0 Å². The van der Waals surface area contributed by atoms with Gasteiger partial charge in [0, 0.05) is 19.3 Å². The minimum absolute atomic E-state index is 0.122. The van der Waals surface area contributed by atoms with Crippen LogP contribution in [-0.4, -0.2) is 11.6 Å². The first-order valence-electron chi connectivity index (χ1n) is 5.38. The van der Waals surface area contributed by atoms with Gasteiger partial charge >= 0.3 is 0 Å². The zero-order chi connectivity index (χ0) is 11.2. The lowest BCUT2D eigenvalue weighted by molar-refractivity contribution is -0.119. The highest BCUT2D eigenvalue weighted by Gasteiger charge is 2.19. The van der Waals surface area contributed by atoms with Crippen molar-refractivity contribution in [2.24, 2.45) is 5.41 Å². The van der Waals surface area contributed by atoms with Crippen molar-refractivity contribution < 1.29 is 9.59 Å². The Morgan fingerprint density at radius 2 is 1.57 bits per heavy atom. The molecule has 0 saturated heterocycles. The molecule has 0 saturated carbocycles. The molecule has 2 nitrogen and oxygen atoms in total. The van der Waals surface area contributed by atoms with E-state index < -0.39 is 0 Å². The smallest absolute Gasteiger partial charge is 0.132 e. The minimum atomic E-state index is 0.122. The summed E-state index contributed by atoms with van der Waals surface area (Å²) in [5, 5.41) is 0. The minimum Gasteiger partial charge on any atom is -0.300 e. The van der Waals surface area contributed by atoms with Crippen LogP contribution in [-0.2, 0) is 9.59 Å². The van der Waals surface area contributed by atoms with E-state index in [9.17, 15) is 9.59 Å². The SMILES string of the molecule is CCC(=O)CCC(C)(C)CCC(C)=O. The molecule has 0 N–H and O–H groups in total. The van der Waals surface area contributed by atoms with Crippen LogP contribution in [0.3, 0.4) is 0 Å². The molecular weight excluding hydrogens is 176 g/mol. The van der Waals surface area contributed by atoms with E-state index in [4.69, 9.17) is 0 Å². The lowest BCUT2D eigenvalue weighted by atomic mass is 9.82. The number of hydrogen-bond acceptors (Lipinski definition) is 2. The van der Waals surface area contributed by atoms with Crippen molar-refractivity contribution in [1.82, 2.24) is 0 Å². The quantitative estimate of drug-likeness (QED) is 0.629. The molecule has 0 unspecified atom stereocenters. The predicted octanol–water partition coefficient (Wildman–Crippen LogP) is 3.14. The molecule has 0 aromatic rings. The zero-order valence-corrected chi connectivity index (χ0v) is 9.85. The first kappa shape index (κ1) is 13.3. The van der Waals surface area contributed by atoms with Crippen molar-refractivity contribution in [1.29, 1.82) is 0 Å². The van der Waals surface area contributed by atoms with Crippen molar-refractivity contribution in [2.75, 3.05) is 0 Å². The van der Waals surface area contributed by atoms with E-state index in [0.717, 1.165) is 12.8 Å². The highest BCUT2D eigenvalue weighted by Crippen LogP contribution is 2.28. The summed E-state index contributed by atoms with van der Waals surface area (Å²) in [6.07, 6.45) is 3.70. The molecule has 0 spiro atoms. The van der Waals surface area contributed by atoms with Crippen molar-refractivity contribution >= 4 is 11.6 Å². The Labute approximate surface area is 87.1 Å². The second kappa shape index (κ2) is 5.94. The second-order valence-corrected chi connectivity index (χ2v) is 4.76. The van der Waals surface area contributed by atoms with E-state index in [2.05, 4.69) is 13.8 Å². The average Bonchev–Trinajstić information content (AvgIpc) is 2.11. The number of Topliss-reactive ketones (excluding diaryl/α,β-unsaturated/α-hetero) is 2. The van der Waals surface area contributed by atoms with Gasteiger partial charge in [-0.3, -0.25) is 4.79 Å². The first-order chi connectivity index (χ1) is 6.37. The van der Waals surface area contributed by atoms with Gasteiger partial charge in [0.1, 0.15) is 11.6 Å². The van der Waals surface area contributed by atoms with Gasteiger partial charge in [0.2, 0.25) is 0 Å². The molecule has 0 amide bonds. The van der Waals surface area contributed by atoms with Crippen LogP contribution in [0.1, 0.15) is 59.8 Å². The molecule has 0 aliphatic heterocycles. The lowest BCUT2D eigenvalue weighted by Gasteiger charge is -2.23. The van der Waals surface area contributed by atoms with Crippen LogP contribution < -0.4 is 0 Å². The molecule has 0 aliphatic carbocycles. The summed E-state index contributed by atoms with van der Waals surface area (Å²) < 4.78 is 0. The van der Waals surface area contributed by atoms with E-state index in [1.165, 1.54) is 0 Å². The average molecular weight is 198 g/mol. The van der Waals surface area contributed by atoms with E-state index in [1.807, 2.05) is 6.92 Å². The van der Waals surface area contributed by atoms with Crippen molar-refractivity contribution in [3.05, 3.63) is 0 Å². The number of ketones is 2. The van der Waals surface area contributed by atoms with Gasteiger partial charge in [-0.25, -0.2) is 0 Å². The fourth-order valence-electron chi connectivity index (χ4n) is 1.29. The van der Waals surface area contributed by atoms with Crippen molar-refractivity contribution in [3.63, 3.8) is 0 Å². The summed E-state index contributed by atoms with van der Waals surface area (Å²) >= 11 is 0. The van der Waals surface area contributed by atoms with Crippen LogP contribution in [0.5, 0.6) is 0 Å². The van der Waals surface area contributed by atoms with E-state index >= 15 is 0 Å². The van der Waals surface area contributed by atoms with Crippen LogP contribution in [0.15, 0.2) is 0 Å². The Morgan fingerprint density at radius 3 is 2.00 bits per heavy atom. The molecule has 14 heavy (non-hydrogen) atoms. The molecular formula is C12H22O2. The third-order valence-electron chi connectivity index (χ3n) is 2.63. The highest BCUT2D eigenvalue weighted by molar-refractivity contribution is 5.78. The molecule has 0 heterocycles. The summed E-state index contributed by atoms with van der Waals surface area (Å²) in [5.74, 6) is 0.556. The van der Waals surface area contributed by atoms with E-state index in [0.29, 0.717) is 25.0 Å². The lowest BCUT2D eigenvalue weighted by Crippen LogP contribution is -2.14. The maximum absolute atomic E-state index is 11.1. The van der Waals surface area contributed by atoms with Gasteiger partial charge in [0.05, 0.1) is 0 Å². The normalized spacial score (nSPS) is 11.4. The second-order valence-electron chi connectivity index (χ2n) is 4.76. The molecule has 0 atom stereocenters. The molecule has 0 fully saturated rings. The largest absolute Gasteiger partial charge is 0.300 e. The van der Waals surface area contributed by atoms with Crippen molar-refractivity contribution in [2.45, 2.75) is 59.8 Å². The Morgan fingerprint density at radius 1 is 1.07 bits per heavy atom. The first-order valence-corrected chi connectivity index (χ1v) is 5.38. The molecule has 0 aromatic carbocycles. The Balaban J connectivity index is 3.82. The summed E-state index contributed by atoms with van der Waals surface area (Å²) in [4.78, 5) is 21.9. The fourth-order valence-corrected chi connectivity index (χ4v) is 1.29. The van der Waals surface area contributed by atoms with Gasteiger partial charge in [-0.05, 0) is 25.2 Å². The number of carbonyl (C=O) groups is 2. The third kappa shape index (κ3) is 6.81. The maximum atomic E-state index is 11.1. The molecule has 2 heteroatoms. The summed E-state index contributed by atoms with van der Waals surface area (Å²) in [6.45, 7) is 7.76. The van der Waals surface area contributed by atoms with Gasteiger partial charge in [-0.2, -0.15) is 0 Å².